The predicted octanol–water partition coefficient (Wildman–Crippen LogP) is 3.05. The van der Waals surface area contributed by atoms with Crippen LogP contribution in [0.5, 0.6) is 0 Å². The lowest BCUT2D eigenvalue weighted by atomic mass is 9.85. The Labute approximate surface area is 105 Å². The van der Waals surface area contributed by atoms with E-state index < -0.39 is 0 Å². The molecule has 0 bridgehead atoms. The lowest BCUT2D eigenvalue weighted by Crippen LogP contribution is -2.11. The molecule has 1 aliphatic carbocycles. The molecule has 4 rings (SSSR count). The molecule has 18 heavy (non-hydrogen) atoms. The number of nitrogens with zero attached hydrogens (tertiary/aromatic N) is 2. The van der Waals surface area contributed by atoms with Gasteiger partial charge in [-0.2, -0.15) is 4.98 Å². The van der Waals surface area contributed by atoms with Crippen molar-refractivity contribution in [3.05, 3.63) is 41.5 Å². The summed E-state index contributed by atoms with van der Waals surface area (Å²) in [7, 11) is 0. The highest BCUT2D eigenvalue weighted by Gasteiger charge is 2.29. The van der Waals surface area contributed by atoms with E-state index in [4.69, 9.17) is 4.52 Å². The summed E-state index contributed by atoms with van der Waals surface area (Å²) in [6, 6.07) is 8.49. The molecule has 1 aromatic carbocycles. The molecule has 1 N–H and O–H groups in total. The summed E-state index contributed by atoms with van der Waals surface area (Å²) in [5.41, 5.74) is 2.51. The Balaban J connectivity index is 1.56. The van der Waals surface area contributed by atoms with Crippen molar-refractivity contribution in [1.29, 1.82) is 0 Å². The molecule has 1 atom stereocenters. The second-order valence-electron chi connectivity index (χ2n) is 5.18. The molecular formula is C14H15N3O. The number of anilines is 1. The third-order valence-corrected chi connectivity index (χ3v) is 4.00. The lowest BCUT2D eigenvalue weighted by molar-refractivity contribution is 0.339. The van der Waals surface area contributed by atoms with Crippen molar-refractivity contribution in [2.24, 2.45) is 0 Å². The molecule has 2 aromatic rings. The molecule has 1 fully saturated rings. The van der Waals surface area contributed by atoms with Crippen LogP contribution in [-0.2, 0) is 6.42 Å². The standard InChI is InChI=1S/C14H15N3O/c1-2-7-11-10(4-1)8-12(15-11)14-16-13(17-18-14)9-5-3-6-9/h1-2,4,7,9,12,15H,3,5-6,8H2/t12-/m0/s1. The van der Waals surface area contributed by atoms with Gasteiger partial charge >= 0.3 is 0 Å². The van der Waals surface area contributed by atoms with Gasteiger partial charge in [0, 0.05) is 18.0 Å². The zero-order chi connectivity index (χ0) is 11.9. The van der Waals surface area contributed by atoms with Crippen LogP contribution >= 0.6 is 0 Å². The molecule has 1 aromatic heterocycles. The van der Waals surface area contributed by atoms with E-state index in [1.165, 1.54) is 30.5 Å². The van der Waals surface area contributed by atoms with E-state index >= 15 is 0 Å². The third-order valence-electron chi connectivity index (χ3n) is 4.00. The van der Waals surface area contributed by atoms with Gasteiger partial charge in [0.2, 0.25) is 5.89 Å². The van der Waals surface area contributed by atoms with Gasteiger partial charge < -0.3 is 9.84 Å². The van der Waals surface area contributed by atoms with Crippen LogP contribution in [-0.4, -0.2) is 10.1 Å². The van der Waals surface area contributed by atoms with Crippen molar-refractivity contribution in [1.82, 2.24) is 10.1 Å². The highest BCUT2D eigenvalue weighted by atomic mass is 16.5. The summed E-state index contributed by atoms with van der Waals surface area (Å²) in [5.74, 6) is 2.16. The minimum Gasteiger partial charge on any atom is -0.373 e. The first-order valence-electron chi connectivity index (χ1n) is 6.58. The number of benzene rings is 1. The van der Waals surface area contributed by atoms with E-state index in [9.17, 15) is 0 Å². The second-order valence-corrected chi connectivity index (χ2v) is 5.18. The Morgan fingerprint density at radius 1 is 1.22 bits per heavy atom. The van der Waals surface area contributed by atoms with Crippen molar-refractivity contribution in [3.8, 4) is 0 Å². The molecule has 2 aliphatic rings. The number of hydrogen-bond acceptors (Lipinski definition) is 4. The van der Waals surface area contributed by atoms with Gasteiger partial charge in [-0.25, -0.2) is 0 Å². The maximum atomic E-state index is 5.41. The van der Waals surface area contributed by atoms with Crippen LogP contribution in [0.2, 0.25) is 0 Å². The molecule has 2 heterocycles. The zero-order valence-corrected chi connectivity index (χ0v) is 10.1. The average molecular weight is 241 g/mol. The normalized spacial score (nSPS) is 22.3. The molecule has 0 amide bonds. The van der Waals surface area contributed by atoms with E-state index in [1.807, 2.05) is 6.07 Å². The van der Waals surface area contributed by atoms with Crippen molar-refractivity contribution < 1.29 is 4.52 Å². The van der Waals surface area contributed by atoms with Crippen molar-refractivity contribution >= 4 is 5.69 Å². The van der Waals surface area contributed by atoms with E-state index in [0.717, 1.165) is 18.1 Å². The smallest absolute Gasteiger partial charge is 0.249 e. The average Bonchev–Trinajstić information content (AvgIpc) is 2.91. The molecule has 1 aliphatic heterocycles. The van der Waals surface area contributed by atoms with Gasteiger partial charge in [-0.15, -0.1) is 0 Å². The van der Waals surface area contributed by atoms with Crippen LogP contribution in [0, 0.1) is 0 Å². The first-order valence-corrected chi connectivity index (χ1v) is 6.58. The lowest BCUT2D eigenvalue weighted by Gasteiger charge is -2.21. The van der Waals surface area contributed by atoms with E-state index in [-0.39, 0.29) is 6.04 Å². The summed E-state index contributed by atoms with van der Waals surface area (Å²) in [6.45, 7) is 0. The zero-order valence-electron chi connectivity index (χ0n) is 10.1. The summed E-state index contributed by atoms with van der Waals surface area (Å²) >= 11 is 0. The number of rotatable bonds is 2. The van der Waals surface area contributed by atoms with Crippen LogP contribution in [0.15, 0.2) is 28.8 Å². The summed E-state index contributed by atoms with van der Waals surface area (Å²) < 4.78 is 5.41. The fourth-order valence-corrected chi connectivity index (χ4v) is 2.67. The Morgan fingerprint density at radius 2 is 2.11 bits per heavy atom. The number of aromatic nitrogens is 2. The van der Waals surface area contributed by atoms with Gasteiger partial charge in [-0.05, 0) is 24.5 Å². The molecule has 92 valence electrons. The van der Waals surface area contributed by atoms with Gasteiger partial charge in [-0.3, -0.25) is 0 Å². The minimum atomic E-state index is 0.142. The number of hydrogen-bond donors (Lipinski definition) is 1. The highest BCUT2D eigenvalue weighted by Crippen LogP contribution is 2.37. The Hall–Kier alpha value is -1.84. The molecule has 4 heteroatoms. The van der Waals surface area contributed by atoms with Crippen molar-refractivity contribution in [2.45, 2.75) is 37.6 Å². The molecule has 0 radical (unpaired) electrons. The second kappa shape index (κ2) is 3.83. The Kier molecular flexibility index (Phi) is 2.15. The summed E-state index contributed by atoms with van der Waals surface area (Å²) in [6.07, 6.45) is 4.64. The predicted molar refractivity (Wildman–Crippen MR) is 67.4 cm³/mol. The molecule has 0 unspecified atom stereocenters. The van der Waals surface area contributed by atoms with Gasteiger partial charge in [0.1, 0.15) is 6.04 Å². The maximum absolute atomic E-state index is 5.41. The largest absolute Gasteiger partial charge is 0.373 e. The number of fused-ring (bicyclic) bond motifs is 1. The first kappa shape index (κ1) is 10.1. The van der Waals surface area contributed by atoms with Gasteiger partial charge in [0.15, 0.2) is 5.82 Å². The van der Waals surface area contributed by atoms with E-state index in [0.29, 0.717) is 5.92 Å². The van der Waals surface area contributed by atoms with Crippen LogP contribution in [0.25, 0.3) is 0 Å². The Bertz CT molecular complexity index is 549. The van der Waals surface area contributed by atoms with Crippen LogP contribution in [0.1, 0.15) is 48.5 Å². The number of nitrogens with one attached hydrogen (secondary N) is 1. The van der Waals surface area contributed by atoms with Crippen molar-refractivity contribution in [2.75, 3.05) is 5.32 Å². The van der Waals surface area contributed by atoms with Gasteiger partial charge in [-0.1, -0.05) is 29.8 Å². The maximum Gasteiger partial charge on any atom is 0.249 e. The van der Waals surface area contributed by atoms with Crippen LogP contribution in [0.4, 0.5) is 5.69 Å². The topological polar surface area (TPSA) is 51.0 Å². The summed E-state index contributed by atoms with van der Waals surface area (Å²) in [5, 5.41) is 7.56. The van der Waals surface area contributed by atoms with Crippen molar-refractivity contribution in [3.63, 3.8) is 0 Å². The molecular weight excluding hydrogens is 226 g/mol. The minimum absolute atomic E-state index is 0.142. The van der Waals surface area contributed by atoms with E-state index in [2.05, 4.69) is 33.7 Å². The van der Waals surface area contributed by atoms with Gasteiger partial charge in [0.05, 0.1) is 0 Å². The van der Waals surface area contributed by atoms with E-state index in [1.54, 1.807) is 0 Å². The fourth-order valence-electron chi connectivity index (χ4n) is 2.67. The summed E-state index contributed by atoms with van der Waals surface area (Å²) in [4.78, 5) is 4.56. The van der Waals surface area contributed by atoms with Gasteiger partial charge in [0.25, 0.3) is 0 Å². The highest BCUT2D eigenvalue weighted by molar-refractivity contribution is 5.56. The van der Waals surface area contributed by atoms with Crippen LogP contribution < -0.4 is 5.32 Å². The fraction of sp³-hybridized carbons (Fsp3) is 0.429. The molecule has 1 saturated carbocycles. The monoisotopic (exact) mass is 241 g/mol. The quantitative estimate of drug-likeness (QED) is 0.878. The number of para-hydroxylation sites is 1. The Morgan fingerprint density at radius 3 is 2.89 bits per heavy atom. The SMILES string of the molecule is c1ccc2c(c1)C[C@@H](c1nc(C3CCC3)no1)N2. The first-order chi connectivity index (χ1) is 8.90. The van der Waals surface area contributed by atoms with Crippen LogP contribution in [0.3, 0.4) is 0 Å². The third kappa shape index (κ3) is 1.52. The molecule has 0 spiro atoms. The molecule has 0 saturated heterocycles. The molecule has 4 nitrogen and oxygen atoms in total.